The predicted octanol–water partition coefficient (Wildman–Crippen LogP) is 4.52. The lowest BCUT2D eigenvalue weighted by Gasteiger charge is -2.09. The van der Waals surface area contributed by atoms with Gasteiger partial charge in [0.05, 0.1) is 6.61 Å². The lowest BCUT2D eigenvalue weighted by Crippen LogP contribution is -2.21. The quantitative estimate of drug-likeness (QED) is 0.375. The van der Waals surface area contributed by atoms with E-state index in [1.54, 1.807) is 36.6 Å². The Bertz CT molecular complexity index is 1230. The van der Waals surface area contributed by atoms with Gasteiger partial charge in [0.15, 0.2) is 18.1 Å². The van der Waals surface area contributed by atoms with Crippen LogP contribution in [0, 0.1) is 0 Å². The summed E-state index contributed by atoms with van der Waals surface area (Å²) in [5.74, 6) is -0.561. The number of rotatable bonds is 8. The zero-order chi connectivity index (χ0) is 23.9. The van der Waals surface area contributed by atoms with E-state index in [9.17, 15) is 14.4 Å². The van der Waals surface area contributed by atoms with Crippen LogP contribution in [0.1, 0.15) is 22.8 Å². The number of thiophene rings is 1. The minimum atomic E-state index is -0.686. The predicted molar refractivity (Wildman–Crippen MR) is 127 cm³/mol. The third kappa shape index (κ3) is 5.44. The molecule has 1 N–H and O–H groups in total. The molecule has 1 aliphatic heterocycles. The highest BCUT2D eigenvalue weighted by Crippen LogP contribution is 2.36. The molecular formula is C25H21NO7S. The van der Waals surface area contributed by atoms with Crippen LogP contribution in [0.2, 0.25) is 0 Å². The third-order valence-electron chi connectivity index (χ3n) is 4.76. The Balaban J connectivity index is 1.38. The van der Waals surface area contributed by atoms with Gasteiger partial charge in [0.25, 0.3) is 5.91 Å². The number of hydrogen-bond acceptors (Lipinski definition) is 8. The number of hydrogen-bond donors (Lipinski definition) is 1. The highest BCUT2D eigenvalue weighted by Gasteiger charge is 2.23. The van der Waals surface area contributed by atoms with Gasteiger partial charge in [0.2, 0.25) is 6.79 Å². The van der Waals surface area contributed by atoms with Gasteiger partial charge in [-0.25, -0.2) is 9.59 Å². The molecule has 0 radical (unpaired) electrons. The molecule has 0 aliphatic carbocycles. The molecule has 0 unspecified atom stereocenters. The minimum Gasteiger partial charge on any atom is -0.462 e. The minimum absolute atomic E-state index is 0.161. The van der Waals surface area contributed by atoms with Gasteiger partial charge < -0.3 is 24.3 Å². The first-order valence-corrected chi connectivity index (χ1v) is 11.3. The number of nitrogens with one attached hydrogen (secondary N) is 1. The second kappa shape index (κ2) is 10.7. The van der Waals surface area contributed by atoms with E-state index in [1.165, 1.54) is 17.4 Å². The Morgan fingerprint density at radius 1 is 1.06 bits per heavy atom. The Morgan fingerprint density at radius 3 is 2.65 bits per heavy atom. The molecule has 174 valence electrons. The Labute approximate surface area is 199 Å². The number of esters is 2. The summed E-state index contributed by atoms with van der Waals surface area (Å²) in [6.45, 7) is 1.56. The first-order chi connectivity index (χ1) is 16.5. The highest BCUT2D eigenvalue weighted by molar-refractivity contribution is 7.15. The number of benzene rings is 2. The molecule has 1 aromatic heterocycles. The van der Waals surface area contributed by atoms with E-state index in [0.717, 1.165) is 11.1 Å². The summed E-state index contributed by atoms with van der Waals surface area (Å²) in [6, 6.07) is 14.6. The standard InChI is InChI=1S/C25H21NO7S/c1-2-30-25(29)23-18(17-6-4-3-5-7-17)14-34-24(23)26-21(27)13-31-22(28)11-9-16-8-10-19-20(12-16)33-15-32-19/h3-12,14H,2,13,15H2,1H3,(H,26,27). The zero-order valence-electron chi connectivity index (χ0n) is 18.2. The molecule has 0 saturated heterocycles. The molecule has 0 spiro atoms. The smallest absolute Gasteiger partial charge is 0.341 e. The van der Waals surface area contributed by atoms with Crippen LogP contribution in [-0.4, -0.2) is 37.9 Å². The van der Waals surface area contributed by atoms with Crippen molar-refractivity contribution in [2.24, 2.45) is 0 Å². The van der Waals surface area contributed by atoms with Crippen molar-refractivity contribution < 1.29 is 33.3 Å². The fourth-order valence-electron chi connectivity index (χ4n) is 3.21. The van der Waals surface area contributed by atoms with Gasteiger partial charge in [-0.3, -0.25) is 4.79 Å². The average molecular weight is 480 g/mol. The van der Waals surface area contributed by atoms with Crippen molar-refractivity contribution in [3.05, 3.63) is 71.1 Å². The molecule has 0 saturated carbocycles. The topological polar surface area (TPSA) is 100 Å². The normalized spacial score (nSPS) is 11.9. The van der Waals surface area contributed by atoms with Gasteiger partial charge >= 0.3 is 11.9 Å². The highest BCUT2D eigenvalue weighted by atomic mass is 32.1. The molecule has 2 heterocycles. The van der Waals surface area contributed by atoms with Crippen LogP contribution >= 0.6 is 11.3 Å². The number of carbonyl (C=O) groups excluding carboxylic acids is 3. The zero-order valence-corrected chi connectivity index (χ0v) is 19.1. The SMILES string of the molecule is CCOC(=O)c1c(-c2ccccc2)csc1NC(=O)COC(=O)C=Cc1ccc2c(c1)OCO2. The van der Waals surface area contributed by atoms with Gasteiger partial charge in [-0.2, -0.15) is 0 Å². The van der Waals surface area contributed by atoms with Gasteiger partial charge in [0.1, 0.15) is 10.6 Å². The number of fused-ring (bicyclic) bond motifs is 1. The Morgan fingerprint density at radius 2 is 1.85 bits per heavy atom. The molecule has 9 heteroatoms. The number of amides is 1. The van der Waals surface area contributed by atoms with Gasteiger partial charge in [0, 0.05) is 17.0 Å². The van der Waals surface area contributed by atoms with Crippen LogP contribution in [0.5, 0.6) is 11.5 Å². The molecular weight excluding hydrogens is 458 g/mol. The van der Waals surface area contributed by atoms with E-state index in [4.69, 9.17) is 18.9 Å². The van der Waals surface area contributed by atoms with Crippen molar-refractivity contribution in [3.63, 3.8) is 0 Å². The summed E-state index contributed by atoms with van der Waals surface area (Å²) < 4.78 is 20.7. The lowest BCUT2D eigenvalue weighted by molar-refractivity contribution is -0.142. The van der Waals surface area contributed by atoms with Crippen molar-refractivity contribution in [1.29, 1.82) is 0 Å². The number of carbonyl (C=O) groups is 3. The van der Waals surface area contributed by atoms with E-state index >= 15 is 0 Å². The van der Waals surface area contributed by atoms with E-state index in [0.29, 0.717) is 22.1 Å². The maximum atomic E-state index is 12.6. The van der Waals surface area contributed by atoms with Gasteiger partial charge in [-0.1, -0.05) is 36.4 Å². The first kappa shape index (κ1) is 23.1. The molecule has 0 fully saturated rings. The summed E-state index contributed by atoms with van der Waals surface area (Å²) in [6.07, 6.45) is 2.76. The van der Waals surface area contributed by atoms with Crippen molar-refractivity contribution in [1.82, 2.24) is 0 Å². The molecule has 34 heavy (non-hydrogen) atoms. The molecule has 0 atom stereocenters. The van der Waals surface area contributed by atoms with Crippen LogP contribution < -0.4 is 14.8 Å². The first-order valence-electron chi connectivity index (χ1n) is 10.4. The van der Waals surface area contributed by atoms with Crippen LogP contribution in [0.4, 0.5) is 5.00 Å². The van der Waals surface area contributed by atoms with Crippen molar-refractivity contribution in [3.8, 4) is 22.6 Å². The van der Waals surface area contributed by atoms with Crippen LogP contribution in [0.3, 0.4) is 0 Å². The van der Waals surface area contributed by atoms with Crippen LogP contribution in [0.25, 0.3) is 17.2 Å². The summed E-state index contributed by atoms with van der Waals surface area (Å²) >= 11 is 1.20. The van der Waals surface area contributed by atoms with Crippen molar-refractivity contribution in [2.75, 3.05) is 25.3 Å². The van der Waals surface area contributed by atoms with Gasteiger partial charge in [-0.15, -0.1) is 11.3 Å². The molecule has 0 bridgehead atoms. The number of ether oxygens (including phenoxy) is 4. The summed E-state index contributed by atoms with van der Waals surface area (Å²) in [7, 11) is 0. The maximum Gasteiger partial charge on any atom is 0.341 e. The van der Waals surface area contributed by atoms with Crippen molar-refractivity contribution in [2.45, 2.75) is 6.92 Å². The lowest BCUT2D eigenvalue weighted by atomic mass is 10.0. The molecule has 8 nitrogen and oxygen atoms in total. The van der Waals surface area contributed by atoms with Crippen LogP contribution in [-0.2, 0) is 19.1 Å². The summed E-state index contributed by atoms with van der Waals surface area (Å²) in [5, 5.41) is 4.75. The van der Waals surface area contributed by atoms with E-state index in [2.05, 4.69) is 5.32 Å². The van der Waals surface area contributed by atoms with E-state index in [1.807, 2.05) is 30.3 Å². The van der Waals surface area contributed by atoms with Gasteiger partial charge in [-0.05, 0) is 36.3 Å². The monoisotopic (exact) mass is 479 g/mol. The fraction of sp³-hybridized carbons (Fsp3) is 0.160. The molecule has 3 aromatic rings. The van der Waals surface area contributed by atoms with E-state index < -0.39 is 24.5 Å². The Hall–Kier alpha value is -4.11. The maximum absolute atomic E-state index is 12.6. The fourth-order valence-corrected chi connectivity index (χ4v) is 4.19. The number of anilines is 1. The molecule has 4 rings (SSSR count). The van der Waals surface area contributed by atoms with Crippen LogP contribution in [0.15, 0.2) is 60.0 Å². The van der Waals surface area contributed by atoms with E-state index in [-0.39, 0.29) is 19.0 Å². The Kier molecular flexibility index (Phi) is 7.24. The summed E-state index contributed by atoms with van der Waals surface area (Å²) in [4.78, 5) is 37.0. The van der Waals surface area contributed by atoms with Crippen molar-refractivity contribution >= 4 is 40.3 Å². The second-order valence-electron chi connectivity index (χ2n) is 7.04. The molecule has 1 amide bonds. The molecule has 2 aromatic carbocycles. The average Bonchev–Trinajstić information content (AvgIpc) is 3.49. The summed E-state index contributed by atoms with van der Waals surface area (Å²) in [5.41, 5.74) is 2.46. The molecule has 1 aliphatic rings. The largest absolute Gasteiger partial charge is 0.462 e. The third-order valence-corrected chi connectivity index (χ3v) is 5.66. The second-order valence-corrected chi connectivity index (χ2v) is 7.92.